The average Bonchev–Trinajstić information content (AvgIpc) is 3.30. The van der Waals surface area contributed by atoms with Crippen molar-refractivity contribution < 1.29 is 23.8 Å². The lowest BCUT2D eigenvalue weighted by atomic mass is 10.1. The molecule has 1 aliphatic heterocycles. The highest BCUT2D eigenvalue weighted by Gasteiger charge is 2.23. The van der Waals surface area contributed by atoms with Gasteiger partial charge in [-0.05, 0) is 49.7 Å². The van der Waals surface area contributed by atoms with E-state index in [1.54, 1.807) is 36.5 Å². The second-order valence-electron chi connectivity index (χ2n) is 9.96. The van der Waals surface area contributed by atoms with Gasteiger partial charge >= 0.3 is 5.97 Å². The number of ether oxygens (including phenoxy) is 2. The van der Waals surface area contributed by atoms with Crippen molar-refractivity contribution in [3.63, 3.8) is 0 Å². The number of nitrogens with zero attached hydrogens (tertiary/aromatic N) is 6. The minimum atomic E-state index is -0.995. The molecule has 0 radical (unpaired) electrons. The number of hydrogen-bond acceptors (Lipinski definition) is 8. The lowest BCUT2D eigenvalue weighted by Crippen LogP contribution is -2.31. The molecule has 4 heterocycles. The van der Waals surface area contributed by atoms with Crippen molar-refractivity contribution >= 4 is 17.0 Å². The smallest absolute Gasteiger partial charge is 0.335 e. The summed E-state index contributed by atoms with van der Waals surface area (Å²) in [4.78, 5) is 30.2. The number of fused-ring (bicyclic) bond motifs is 1. The summed E-state index contributed by atoms with van der Waals surface area (Å²) >= 11 is 0. The van der Waals surface area contributed by atoms with E-state index in [4.69, 9.17) is 24.7 Å². The Balaban J connectivity index is 1.23. The molecule has 0 aliphatic carbocycles. The van der Waals surface area contributed by atoms with Crippen molar-refractivity contribution in [2.45, 2.75) is 39.0 Å². The van der Waals surface area contributed by atoms with Crippen LogP contribution in [0.2, 0.25) is 0 Å². The van der Waals surface area contributed by atoms with E-state index in [1.807, 2.05) is 23.6 Å². The van der Waals surface area contributed by atoms with Crippen LogP contribution in [-0.2, 0) is 24.3 Å². The Kier molecular flexibility index (Phi) is 7.29. The molecule has 210 valence electrons. The number of aromatic nitrogens is 5. The zero-order valence-electron chi connectivity index (χ0n) is 22.6. The summed E-state index contributed by atoms with van der Waals surface area (Å²) in [7, 11) is 0. The minimum Gasteiger partial charge on any atom is -0.478 e. The largest absolute Gasteiger partial charge is 0.478 e. The Morgan fingerprint density at radius 2 is 2.05 bits per heavy atom. The highest BCUT2D eigenvalue weighted by molar-refractivity contribution is 5.92. The predicted octanol–water partition coefficient (Wildman–Crippen LogP) is 4.86. The molecule has 6 rings (SSSR count). The molecule has 0 amide bonds. The third kappa shape index (κ3) is 5.53. The van der Waals surface area contributed by atoms with Crippen LogP contribution in [0.4, 0.5) is 4.39 Å². The van der Waals surface area contributed by atoms with Gasteiger partial charge in [0.05, 0.1) is 58.7 Å². The number of carboxylic acid groups (broad SMARTS) is 1. The first-order chi connectivity index (χ1) is 20.4. The van der Waals surface area contributed by atoms with Gasteiger partial charge in [0, 0.05) is 30.0 Å². The third-order valence-corrected chi connectivity index (χ3v) is 7.16. The van der Waals surface area contributed by atoms with Gasteiger partial charge < -0.3 is 19.1 Å². The van der Waals surface area contributed by atoms with Crippen molar-refractivity contribution in [2.75, 3.05) is 6.61 Å². The first-order valence-electron chi connectivity index (χ1n) is 13.3. The molecule has 0 saturated carbocycles. The van der Waals surface area contributed by atoms with Crippen LogP contribution < -0.4 is 4.74 Å². The van der Waals surface area contributed by atoms with Gasteiger partial charge in [-0.1, -0.05) is 12.1 Å². The molecule has 0 unspecified atom stereocenters. The molecule has 1 fully saturated rings. The normalized spacial score (nSPS) is 14.4. The molecule has 0 spiro atoms. The minimum absolute atomic E-state index is 0.0384. The molecule has 1 N–H and O–H groups in total. The van der Waals surface area contributed by atoms with E-state index in [1.165, 1.54) is 18.2 Å². The topological polar surface area (TPSA) is 136 Å². The zero-order chi connectivity index (χ0) is 29.2. The van der Waals surface area contributed by atoms with E-state index < -0.39 is 11.8 Å². The zero-order valence-corrected chi connectivity index (χ0v) is 22.6. The summed E-state index contributed by atoms with van der Waals surface area (Å²) in [5.74, 6) is 0.0851. The molecule has 2 aromatic carbocycles. The number of aromatic carboxylic acids is 1. The number of carboxylic acids is 1. The second-order valence-corrected chi connectivity index (χ2v) is 9.96. The summed E-state index contributed by atoms with van der Waals surface area (Å²) in [5.41, 5.74) is 4.22. The SMILES string of the molecule is Cc1nc(Cc2nc3ccc(C(=O)O)cc3n2C[C@@H]2CCO2)ncc1-c1cccc(OCc2ccc(C#N)cc2F)n1. The van der Waals surface area contributed by atoms with E-state index in [9.17, 15) is 14.3 Å². The maximum Gasteiger partial charge on any atom is 0.335 e. The number of benzene rings is 2. The Morgan fingerprint density at radius 3 is 2.76 bits per heavy atom. The monoisotopic (exact) mass is 564 g/mol. The number of carbonyl (C=O) groups is 1. The summed E-state index contributed by atoms with van der Waals surface area (Å²) in [6, 6.07) is 16.3. The van der Waals surface area contributed by atoms with Gasteiger partial charge in [-0.2, -0.15) is 5.26 Å². The number of aryl methyl sites for hydroxylation is 1. The molecule has 11 heteroatoms. The summed E-state index contributed by atoms with van der Waals surface area (Å²) in [6.45, 7) is 3.11. The van der Waals surface area contributed by atoms with Crippen molar-refractivity contribution in [3.05, 3.63) is 101 Å². The number of pyridine rings is 1. The number of rotatable bonds is 9. The van der Waals surface area contributed by atoms with Crippen molar-refractivity contribution in [1.82, 2.24) is 24.5 Å². The number of hydrogen-bond donors (Lipinski definition) is 1. The van der Waals surface area contributed by atoms with Crippen LogP contribution in [0.3, 0.4) is 0 Å². The van der Waals surface area contributed by atoms with Gasteiger partial charge in [0.25, 0.3) is 0 Å². The second kappa shape index (κ2) is 11.3. The molecule has 0 bridgehead atoms. The van der Waals surface area contributed by atoms with Crippen LogP contribution in [0.25, 0.3) is 22.3 Å². The van der Waals surface area contributed by atoms with Crippen LogP contribution in [0, 0.1) is 24.1 Å². The number of imidazole rings is 1. The molecular formula is C31H25FN6O4. The summed E-state index contributed by atoms with van der Waals surface area (Å²) in [5, 5.41) is 18.4. The summed E-state index contributed by atoms with van der Waals surface area (Å²) in [6.07, 6.45) is 3.03. The molecule has 42 heavy (non-hydrogen) atoms. The highest BCUT2D eigenvalue weighted by atomic mass is 19.1. The molecular weight excluding hydrogens is 539 g/mol. The molecule has 10 nitrogen and oxygen atoms in total. The van der Waals surface area contributed by atoms with Gasteiger partial charge in [0.2, 0.25) is 5.88 Å². The van der Waals surface area contributed by atoms with Gasteiger partial charge in [0.15, 0.2) is 0 Å². The van der Waals surface area contributed by atoms with E-state index in [-0.39, 0.29) is 23.8 Å². The molecule has 1 aliphatic rings. The third-order valence-electron chi connectivity index (χ3n) is 7.16. The highest BCUT2D eigenvalue weighted by Crippen LogP contribution is 2.26. The van der Waals surface area contributed by atoms with Crippen LogP contribution >= 0.6 is 0 Å². The molecule has 3 aromatic heterocycles. The Hall–Kier alpha value is -5.21. The number of nitriles is 1. The van der Waals surface area contributed by atoms with Crippen LogP contribution in [0.5, 0.6) is 5.88 Å². The maximum absolute atomic E-state index is 14.2. The lowest BCUT2D eigenvalue weighted by molar-refractivity contribution is -0.0589. The van der Waals surface area contributed by atoms with E-state index in [0.29, 0.717) is 53.7 Å². The van der Waals surface area contributed by atoms with E-state index in [0.717, 1.165) is 23.3 Å². The van der Waals surface area contributed by atoms with Crippen LogP contribution in [-0.4, -0.2) is 48.3 Å². The maximum atomic E-state index is 14.2. The Morgan fingerprint density at radius 1 is 1.19 bits per heavy atom. The van der Waals surface area contributed by atoms with Crippen LogP contribution in [0.15, 0.2) is 60.8 Å². The first kappa shape index (κ1) is 27.0. The first-order valence-corrected chi connectivity index (χ1v) is 13.3. The molecule has 1 atom stereocenters. The van der Waals surface area contributed by atoms with Gasteiger partial charge in [-0.15, -0.1) is 0 Å². The Labute approximate surface area is 240 Å². The molecule has 1 saturated heterocycles. The predicted molar refractivity (Wildman–Crippen MR) is 149 cm³/mol. The summed E-state index contributed by atoms with van der Waals surface area (Å²) < 4.78 is 27.6. The van der Waals surface area contributed by atoms with Crippen LogP contribution in [0.1, 0.15) is 45.2 Å². The fourth-order valence-electron chi connectivity index (χ4n) is 4.80. The standard InChI is InChI=1S/C31H25FN6O4/c1-18-23(25-3-2-4-30(37-25)42-17-21-6-5-19(14-33)11-24(21)32)15-34-28(35-18)13-29-36-26-8-7-20(31(39)40)12-27(26)38(29)16-22-9-10-41-22/h2-8,11-12,15,22H,9-10,13,16-17H2,1H3,(H,39,40)/t22-/m0/s1. The fraction of sp³-hybridized carbons (Fsp3) is 0.226. The van der Waals surface area contributed by atoms with Crippen molar-refractivity contribution in [2.24, 2.45) is 0 Å². The van der Waals surface area contributed by atoms with E-state index in [2.05, 4.69) is 9.97 Å². The van der Waals surface area contributed by atoms with Gasteiger partial charge in [0.1, 0.15) is 24.1 Å². The quantitative estimate of drug-likeness (QED) is 0.266. The molecule has 5 aromatic rings. The van der Waals surface area contributed by atoms with Gasteiger partial charge in [-0.3, -0.25) is 0 Å². The van der Waals surface area contributed by atoms with E-state index >= 15 is 0 Å². The fourth-order valence-corrected chi connectivity index (χ4v) is 4.80. The average molecular weight is 565 g/mol. The van der Waals surface area contributed by atoms with Crippen molar-refractivity contribution in [1.29, 1.82) is 5.26 Å². The lowest BCUT2D eigenvalue weighted by Gasteiger charge is -2.27. The Bertz CT molecular complexity index is 1860. The van der Waals surface area contributed by atoms with Crippen molar-refractivity contribution in [3.8, 4) is 23.2 Å². The number of halogens is 1. The van der Waals surface area contributed by atoms with Gasteiger partial charge in [-0.25, -0.2) is 29.1 Å².